The van der Waals surface area contributed by atoms with Gasteiger partial charge in [-0.3, -0.25) is 9.48 Å². The van der Waals surface area contributed by atoms with E-state index in [4.69, 9.17) is 4.42 Å². The van der Waals surface area contributed by atoms with Gasteiger partial charge in [0, 0.05) is 6.54 Å². The molecule has 0 aliphatic heterocycles. The summed E-state index contributed by atoms with van der Waals surface area (Å²) in [6, 6.07) is 1.64. The van der Waals surface area contributed by atoms with Crippen LogP contribution in [0, 0.1) is 0 Å². The van der Waals surface area contributed by atoms with E-state index in [1.807, 2.05) is 6.92 Å². The quantitative estimate of drug-likeness (QED) is 0.804. The fraction of sp³-hybridized carbons (Fsp3) is 0.200. The Morgan fingerprint density at radius 1 is 1.67 bits per heavy atom. The summed E-state index contributed by atoms with van der Waals surface area (Å²) in [7, 11) is 0. The fourth-order valence-electron chi connectivity index (χ4n) is 1.36. The predicted molar refractivity (Wildman–Crippen MR) is 57.7 cm³/mol. The Kier molecular flexibility index (Phi) is 2.73. The molecular weight excluding hydrogens is 260 g/mol. The second-order valence-corrected chi connectivity index (χ2v) is 3.85. The molecule has 0 unspecified atom stereocenters. The molecule has 4 nitrogen and oxygen atoms in total. The van der Waals surface area contributed by atoms with Crippen molar-refractivity contribution in [2.45, 2.75) is 13.5 Å². The first-order valence-electron chi connectivity index (χ1n) is 4.52. The zero-order valence-corrected chi connectivity index (χ0v) is 9.69. The Morgan fingerprint density at radius 3 is 3.07 bits per heavy atom. The van der Waals surface area contributed by atoms with Crippen molar-refractivity contribution in [3.63, 3.8) is 0 Å². The Hall–Kier alpha value is -1.36. The van der Waals surface area contributed by atoms with Gasteiger partial charge in [-0.15, -0.1) is 0 Å². The van der Waals surface area contributed by atoms with E-state index < -0.39 is 0 Å². The van der Waals surface area contributed by atoms with Crippen LogP contribution in [0.25, 0.3) is 0 Å². The van der Waals surface area contributed by atoms with Crippen molar-refractivity contribution < 1.29 is 9.21 Å². The Bertz CT molecular complexity index is 474. The van der Waals surface area contributed by atoms with Crippen LogP contribution in [0.1, 0.15) is 23.0 Å². The minimum Gasteiger partial charge on any atom is -0.472 e. The van der Waals surface area contributed by atoms with Gasteiger partial charge in [-0.05, 0) is 28.9 Å². The third-order valence-corrected chi connectivity index (χ3v) is 2.67. The molecule has 2 aromatic heterocycles. The van der Waals surface area contributed by atoms with Crippen LogP contribution in [0.15, 0.2) is 33.7 Å². The van der Waals surface area contributed by atoms with Gasteiger partial charge in [0.1, 0.15) is 12.0 Å². The number of carbonyl (C=O) groups is 1. The van der Waals surface area contributed by atoms with Crippen molar-refractivity contribution in [3.8, 4) is 0 Å². The van der Waals surface area contributed by atoms with Crippen LogP contribution in [0.5, 0.6) is 0 Å². The molecule has 0 fully saturated rings. The number of furan rings is 1. The van der Waals surface area contributed by atoms with E-state index in [2.05, 4.69) is 21.0 Å². The van der Waals surface area contributed by atoms with E-state index in [0.29, 0.717) is 22.3 Å². The van der Waals surface area contributed by atoms with Crippen LogP contribution in [0.3, 0.4) is 0 Å². The summed E-state index contributed by atoms with van der Waals surface area (Å²) in [5.41, 5.74) is 1.09. The minimum atomic E-state index is -0.0880. The third kappa shape index (κ3) is 1.74. The number of hydrogen-bond acceptors (Lipinski definition) is 3. The number of ketones is 1. The van der Waals surface area contributed by atoms with Crippen LogP contribution in [-0.2, 0) is 6.54 Å². The third-order valence-electron chi connectivity index (χ3n) is 2.09. The number of aryl methyl sites for hydroxylation is 1. The van der Waals surface area contributed by atoms with E-state index in [0.717, 1.165) is 0 Å². The summed E-state index contributed by atoms with van der Waals surface area (Å²) in [6.45, 7) is 2.59. The Balaban J connectivity index is 2.45. The van der Waals surface area contributed by atoms with Crippen molar-refractivity contribution in [2.24, 2.45) is 0 Å². The van der Waals surface area contributed by atoms with E-state index in [1.54, 1.807) is 16.9 Å². The number of nitrogens with zero attached hydrogens (tertiary/aromatic N) is 2. The van der Waals surface area contributed by atoms with Gasteiger partial charge in [-0.2, -0.15) is 5.10 Å². The fourth-order valence-corrected chi connectivity index (χ4v) is 1.83. The van der Waals surface area contributed by atoms with Crippen LogP contribution >= 0.6 is 15.9 Å². The molecule has 0 atom stereocenters. The predicted octanol–water partition coefficient (Wildman–Crippen LogP) is 2.49. The molecule has 15 heavy (non-hydrogen) atoms. The van der Waals surface area contributed by atoms with Crippen LogP contribution in [-0.4, -0.2) is 15.6 Å². The molecule has 0 aliphatic carbocycles. The van der Waals surface area contributed by atoms with Gasteiger partial charge in [0.25, 0.3) is 0 Å². The SMILES string of the molecule is CCn1ncc(Br)c1C(=O)c1ccoc1. The molecule has 0 amide bonds. The molecule has 0 bridgehead atoms. The van der Waals surface area contributed by atoms with Crippen LogP contribution in [0.4, 0.5) is 0 Å². The van der Waals surface area contributed by atoms with Gasteiger partial charge < -0.3 is 4.42 Å². The standard InChI is InChI=1S/C10H9BrN2O2/c1-2-13-9(8(11)5-12-13)10(14)7-3-4-15-6-7/h3-6H,2H2,1H3. The lowest BCUT2D eigenvalue weighted by Crippen LogP contribution is -2.10. The highest BCUT2D eigenvalue weighted by atomic mass is 79.9. The lowest BCUT2D eigenvalue weighted by molar-refractivity contribution is 0.102. The monoisotopic (exact) mass is 268 g/mol. The number of carbonyl (C=O) groups excluding carboxylic acids is 1. The molecule has 2 rings (SSSR count). The van der Waals surface area contributed by atoms with Crippen molar-refractivity contribution in [1.82, 2.24) is 9.78 Å². The number of aromatic nitrogens is 2. The normalized spacial score (nSPS) is 10.5. The van der Waals surface area contributed by atoms with E-state index in [9.17, 15) is 4.79 Å². The first-order valence-corrected chi connectivity index (χ1v) is 5.31. The maximum Gasteiger partial charge on any atom is 0.215 e. The summed E-state index contributed by atoms with van der Waals surface area (Å²) in [5.74, 6) is -0.0880. The minimum absolute atomic E-state index is 0.0880. The summed E-state index contributed by atoms with van der Waals surface area (Å²) in [5, 5.41) is 4.08. The second-order valence-electron chi connectivity index (χ2n) is 3.00. The molecule has 2 heterocycles. The largest absolute Gasteiger partial charge is 0.472 e. The molecule has 5 heteroatoms. The molecule has 0 aliphatic rings. The molecule has 0 saturated heterocycles. The van der Waals surface area contributed by atoms with Gasteiger partial charge in [0.05, 0.1) is 22.5 Å². The average molecular weight is 269 g/mol. The van der Waals surface area contributed by atoms with E-state index in [-0.39, 0.29) is 5.78 Å². The van der Waals surface area contributed by atoms with Gasteiger partial charge in [-0.1, -0.05) is 0 Å². The number of halogens is 1. The van der Waals surface area contributed by atoms with Crippen LogP contribution in [0.2, 0.25) is 0 Å². The highest BCUT2D eigenvalue weighted by Gasteiger charge is 2.18. The molecule has 0 aromatic carbocycles. The summed E-state index contributed by atoms with van der Waals surface area (Å²) in [4.78, 5) is 12.0. The zero-order chi connectivity index (χ0) is 10.8. The maximum atomic E-state index is 12.0. The maximum absolute atomic E-state index is 12.0. The lowest BCUT2D eigenvalue weighted by atomic mass is 10.1. The molecule has 0 spiro atoms. The molecule has 0 saturated carbocycles. The van der Waals surface area contributed by atoms with E-state index in [1.165, 1.54) is 12.5 Å². The highest BCUT2D eigenvalue weighted by molar-refractivity contribution is 9.10. The molecule has 78 valence electrons. The van der Waals surface area contributed by atoms with Crippen molar-refractivity contribution >= 4 is 21.7 Å². The lowest BCUT2D eigenvalue weighted by Gasteiger charge is -2.02. The molecule has 2 aromatic rings. The highest BCUT2D eigenvalue weighted by Crippen LogP contribution is 2.19. The van der Waals surface area contributed by atoms with Gasteiger partial charge in [-0.25, -0.2) is 0 Å². The summed E-state index contributed by atoms with van der Waals surface area (Å²) in [6.07, 6.45) is 4.53. The molecular formula is C10H9BrN2O2. The molecule has 0 N–H and O–H groups in total. The Morgan fingerprint density at radius 2 is 2.47 bits per heavy atom. The van der Waals surface area contributed by atoms with Gasteiger partial charge in [0.15, 0.2) is 0 Å². The van der Waals surface area contributed by atoms with Crippen molar-refractivity contribution in [3.05, 3.63) is 40.5 Å². The smallest absolute Gasteiger partial charge is 0.215 e. The summed E-state index contributed by atoms with van der Waals surface area (Å²) < 4.78 is 7.24. The molecule has 0 radical (unpaired) electrons. The van der Waals surface area contributed by atoms with Gasteiger partial charge >= 0.3 is 0 Å². The van der Waals surface area contributed by atoms with E-state index >= 15 is 0 Å². The van der Waals surface area contributed by atoms with Gasteiger partial charge in [0.2, 0.25) is 5.78 Å². The zero-order valence-electron chi connectivity index (χ0n) is 8.11. The Labute approximate surface area is 95.0 Å². The topological polar surface area (TPSA) is 48.0 Å². The van der Waals surface area contributed by atoms with Crippen molar-refractivity contribution in [1.29, 1.82) is 0 Å². The number of hydrogen-bond donors (Lipinski definition) is 0. The van der Waals surface area contributed by atoms with Crippen molar-refractivity contribution in [2.75, 3.05) is 0 Å². The summed E-state index contributed by atoms with van der Waals surface area (Å²) >= 11 is 3.31. The van der Waals surface area contributed by atoms with Crippen LogP contribution < -0.4 is 0 Å². The average Bonchev–Trinajstić information content (AvgIpc) is 2.85. The first kappa shape index (κ1) is 10.2. The second kappa shape index (κ2) is 4.02. The number of rotatable bonds is 3. The first-order chi connectivity index (χ1) is 7.24.